The Labute approximate surface area is 96.9 Å². The minimum atomic E-state index is -3.42. The van der Waals surface area contributed by atoms with Crippen molar-refractivity contribution >= 4 is 10.0 Å². The molecular weight excluding hydrogens is 222 g/mol. The van der Waals surface area contributed by atoms with Crippen molar-refractivity contribution in [3.63, 3.8) is 0 Å². The molecule has 0 bridgehead atoms. The molecule has 0 amide bonds. The van der Waals surface area contributed by atoms with Gasteiger partial charge in [-0.15, -0.1) is 4.72 Å². The SMILES string of the molecule is O=S(=O)([N]CCC1CCC1)c1ccccc1. The van der Waals surface area contributed by atoms with Gasteiger partial charge >= 0.3 is 0 Å². The van der Waals surface area contributed by atoms with Gasteiger partial charge < -0.3 is 0 Å². The summed E-state index contributed by atoms with van der Waals surface area (Å²) in [6, 6.07) is 8.40. The summed E-state index contributed by atoms with van der Waals surface area (Å²) >= 11 is 0. The van der Waals surface area contributed by atoms with Crippen molar-refractivity contribution < 1.29 is 8.42 Å². The van der Waals surface area contributed by atoms with Gasteiger partial charge in [0.2, 0.25) is 0 Å². The third-order valence-corrected chi connectivity index (χ3v) is 4.45. The van der Waals surface area contributed by atoms with Crippen LogP contribution in [0.2, 0.25) is 0 Å². The molecule has 0 N–H and O–H groups in total. The molecule has 1 aromatic rings. The first-order chi connectivity index (χ1) is 7.68. The first-order valence-electron chi connectivity index (χ1n) is 5.67. The van der Waals surface area contributed by atoms with E-state index in [0.717, 1.165) is 6.42 Å². The molecule has 1 aliphatic rings. The van der Waals surface area contributed by atoms with Crippen molar-refractivity contribution in [1.82, 2.24) is 4.72 Å². The lowest BCUT2D eigenvalue weighted by Gasteiger charge is -2.24. The van der Waals surface area contributed by atoms with Crippen LogP contribution in [0.5, 0.6) is 0 Å². The van der Waals surface area contributed by atoms with Crippen LogP contribution in [-0.2, 0) is 10.0 Å². The number of hydrogen-bond acceptors (Lipinski definition) is 2. The van der Waals surface area contributed by atoms with Crippen LogP contribution in [0.4, 0.5) is 0 Å². The summed E-state index contributed by atoms with van der Waals surface area (Å²) in [6.07, 6.45) is 4.67. The number of benzene rings is 1. The predicted octanol–water partition coefficient (Wildman–Crippen LogP) is 2.17. The fourth-order valence-corrected chi connectivity index (χ4v) is 2.80. The van der Waals surface area contributed by atoms with Gasteiger partial charge in [0, 0.05) is 6.54 Å². The number of sulfonamides is 1. The van der Waals surface area contributed by atoms with Gasteiger partial charge in [0.05, 0.1) is 4.90 Å². The predicted molar refractivity (Wildman–Crippen MR) is 62.6 cm³/mol. The third kappa shape index (κ3) is 2.83. The highest BCUT2D eigenvalue weighted by atomic mass is 32.2. The minimum Gasteiger partial charge on any atom is -0.206 e. The highest BCUT2D eigenvalue weighted by molar-refractivity contribution is 7.89. The van der Waals surface area contributed by atoms with E-state index in [9.17, 15) is 8.42 Å². The highest BCUT2D eigenvalue weighted by Gasteiger charge is 2.19. The van der Waals surface area contributed by atoms with Gasteiger partial charge in [-0.05, 0) is 24.5 Å². The molecule has 0 heterocycles. The fourth-order valence-electron chi connectivity index (χ4n) is 1.80. The van der Waals surface area contributed by atoms with Crippen molar-refractivity contribution in [2.45, 2.75) is 30.6 Å². The van der Waals surface area contributed by atoms with Crippen LogP contribution in [0.25, 0.3) is 0 Å². The van der Waals surface area contributed by atoms with Crippen LogP contribution < -0.4 is 4.72 Å². The zero-order chi connectivity index (χ0) is 11.4. The van der Waals surface area contributed by atoms with E-state index in [1.807, 2.05) is 0 Å². The Kier molecular flexibility index (Phi) is 3.61. The topological polar surface area (TPSA) is 48.2 Å². The normalized spacial score (nSPS) is 17.0. The summed E-state index contributed by atoms with van der Waals surface area (Å²) in [5.41, 5.74) is 0. The van der Waals surface area contributed by atoms with Crippen molar-refractivity contribution in [3.8, 4) is 0 Å². The van der Waals surface area contributed by atoms with Crippen molar-refractivity contribution in [2.24, 2.45) is 5.92 Å². The highest BCUT2D eigenvalue weighted by Crippen LogP contribution is 2.29. The molecule has 87 valence electrons. The molecule has 3 nitrogen and oxygen atoms in total. The monoisotopic (exact) mass is 238 g/mol. The summed E-state index contributed by atoms with van der Waals surface area (Å²) in [6.45, 7) is 0.432. The number of nitrogens with zero attached hydrogens (tertiary/aromatic N) is 1. The van der Waals surface area contributed by atoms with Gasteiger partial charge in [-0.3, -0.25) is 0 Å². The molecule has 0 atom stereocenters. The Morgan fingerprint density at radius 3 is 2.44 bits per heavy atom. The van der Waals surface area contributed by atoms with Crippen molar-refractivity contribution in [1.29, 1.82) is 0 Å². The molecule has 2 rings (SSSR count). The molecule has 1 aromatic carbocycles. The second-order valence-electron chi connectivity index (χ2n) is 4.23. The molecule has 1 radical (unpaired) electrons. The molecule has 0 unspecified atom stereocenters. The molecule has 16 heavy (non-hydrogen) atoms. The second-order valence-corrected chi connectivity index (χ2v) is 5.91. The van der Waals surface area contributed by atoms with E-state index < -0.39 is 10.0 Å². The lowest BCUT2D eigenvalue weighted by atomic mass is 9.83. The molecule has 1 fully saturated rings. The van der Waals surface area contributed by atoms with E-state index in [0.29, 0.717) is 17.4 Å². The Morgan fingerprint density at radius 2 is 1.88 bits per heavy atom. The summed E-state index contributed by atoms with van der Waals surface area (Å²) in [5.74, 6) is 0.703. The maximum absolute atomic E-state index is 11.8. The molecule has 1 saturated carbocycles. The Hall–Kier alpha value is -0.870. The Balaban J connectivity index is 1.87. The average molecular weight is 238 g/mol. The fraction of sp³-hybridized carbons (Fsp3) is 0.500. The van der Waals surface area contributed by atoms with Gasteiger partial charge in [-0.2, -0.15) is 0 Å². The quantitative estimate of drug-likeness (QED) is 0.789. The van der Waals surface area contributed by atoms with Gasteiger partial charge in [-0.1, -0.05) is 37.5 Å². The molecule has 1 aliphatic carbocycles. The molecular formula is C12H16NO2S. The van der Waals surface area contributed by atoms with Gasteiger partial charge in [0.15, 0.2) is 0 Å². The van der Waals surface area contributed by atoms with E-state index in [2.05, 4.69) is 4.72 Å². The molecule has 0 spiro atoms. The molecule has 0 aromatic heterocycles. The van der Waals surface area contributed by atoms with Crippen molar-refractivity contribution in [3.05, 3.63) is 30.3 Å². The van der Waals surface area contributed by atoms with Crippen LogP contribution >= 0.6 is 0 Å². The molecule has 0 saturated heterocycles. The van der Waals surface area contributed by atoms with Crippen LogP contribution in [0.1, 0.15) is 25.7 Å². The smallest absolute Gasteiger partial charge is 0.206 e. The average Bonchev–Trinajstić information content (AvgIpc) is 2.23. The van der Waals surface area contributed by atoms with Gasteiger partial charge in [0.25, 0.3) is 10.0 Å². The van der Waals surface area contributed by atoms with E-state index in [1.54, 1.807) is 30.3 Å². The van der Waals surface area contributed by atoms with Crippen molar-refractivity contribution in [2.75, 3.05) is 6.54 Å². The first kappa shape index (κ1) is 11.6. The molecule has 4 heteroatoms. The summed E-state index contributed by atoms with van der Waals surface area (Å²) in [7, 11) is -3.42. The third-order valence-electron chi connectivity index (χ3n) is 3.06. The van der Waals surface area contributed by atoms with Crippen LogP contribution in [0.3, 0.4) is 0 Å². The van der Waals surface area contributed by atoms with E-state index >= 15 is 0 Å². The minimum absolute atomic E-state index is 0.295. The van der Waals surface area contributed by atoms with E-state index in [1.165, 1.54) is 19.3 Å². The summed E-state index contributed by atoms with van der Waals surface area (Å²) in [4.78, 5) is 0.295. The Bertz CT molecular complexity index is 424. The van der Waals surface area contributed by atoms with Crippen LogP contribution in [0, 0.1) is 5.92 Å². The summed E-state index contributed by atoms with van der Waals surface area (Å²) in [5, 5.41) is 0. The first-order valence-corrected chi connectivity index (χ1v) is 7.11. The molecule has 0 aliphatic heterocycles. The Morgan fingerprint density at radius 1 is 1.19 bits per heavy atom. The second kappa shape index (κ2) is 4.97. The number of rotatable bonds is 5. The lowest BCUT2D eigenvalue weighted by molar-refractivity contribution is 0.297. The van der Waals surface area contributed by atoms with Gasteiger partial charge in [-0.25, -0.2) is 8.42 Å². The largest absolute Gasteiger partial charge is 0.256 e. The standard InChI is InChI=1S/C12H16NO2S/c14-16(15,12-7-2-1-3-8-12)13-10-9-11-5-4-6-11/h1-3,7-8,11H,4-6,9-10H2. The van der Waals surface area contributed by atoms with E-state index in [-0.39, 0.29) is 0 Å². The maximum atomic E-state index is 11.8. The zero-order valence-electron chi connectivity index (χ0n) is 9.17. The maximum Gasteiger partial charge on any atom is 0.256 e. The zero-order valence-corrected chi connectivity index (χ0v) is 9.99. The lowest BCUT2D eigenvalue weighted by Crippen LogP contribution is -2.21. The number of hydrogen-bond donors (Lipinski definition) is 0. The van der Waals surface area contributed by atoms with Crippen LogP contribution in [0.15, 0.2) is 35.2 Å². The van der Waals surface area contributed by atoms with E-state index in [4.69, 9.17) is 0 Å². The van der Waals surface area contributed by atoms with Gasteiger partial charge in [0.1, 0.15) is 0 Å². The van der Waals surface area contributed by atoms with Crippen LogP contribution in [-0.4, -0.2) is 15.0 Å². The summed E-state index contributed by atoms with van der Waals surface area (Å²) < 4.78 is 27.3.